The lowest BCUT2D eigenvalue weighted by Crippen LogP contribution is -2.33. The van der Waals surface area contributed by atoms with Crippen LogP contribution >= 0.6 is 0 Å². The van der Waals surface area contributed by atoms with Crippen LogP contribution < -0.4 is 0 Å². The van der Waals surface area contributed by atoms with Crippen molar-refractivity contribution in [1.82, 2.24) is 0 Å². The van der Waals surface area contributed by atoms with Gasteiger partial charge in [0.1, 0.15) is 0 Å². The summed E-state index contributed by atoms with van der Waals surface area (Å²) in [5, 5.41) is 10.2. The summed E-state index contributed by atoms with van der Waals surface area (Å²) in [5.74, 6) is 0. The van der Waals surface area contributed by atoms with Gasteiger partial charge in [0.2, 0.25) is 0 Å². The summed E-state index contributed by atoms with van der Waals surface area (Å²) in [7, 11) is 1.61. The van der Waals surface area contributed by atoms with E-state index >= 15 is 0 Å². The second-order valence-electron chi connectivity index (χ2n) is 4.98. The predicted octanol–water partition coefficient (Wildman–Crippen LogP) is 2.55. The highest BCUT2D eigenvalue weighted by atomic mass is 16.5. The van der Waals surface area contributed by atoms with Gasteiger partial charge in [-0.25, -0.2) is 0 Å². The molecule has 0 amide bonds. The van der Waals surface area contributed by atoms with E-state index < -0.39 is 5.60 Å². The molecule has 1 aromatic rings. The first-order valence-electron chi connectivity index (χ1n) is 5.64. The van der Waals surface area contributed by atoms with Crippen LogP contribution in [0, 0.1) is 20.8 Å². The van der Waals surface area contributed by atoms with Crippen molar-refractivity contribution in [3.63, 3.8) is 0 Å². The van der Waals surface area contributed by atoms with Gasteiger partial charge in [0, 0.05) is 13.5 Å². The molecule has 0 fully saturated rings. The van der Waals surface area contributed by atoms with E-state index in [4.69, 9.17) is 4.74 Å². The fourth-order valence-corrected chi connectivity index (χ4v) is 2.23. The Morgan fingerprint density at radius 2 is 1.69 bits per heavy atom. The fourth-order valence-electron chi connectivity index (χ4n) is 2.23. The zero-order valence-electron chi connectivity index (χ0n) is 10.9. The lowest BCUT2D eigenvalue weighted by Gasteiger charge is -2.24. The van der Waals surface area contributed by atoms with Gasteiger partial charge in [-0.3, -0.25) is 0 Å². The third kappa shape index (κ3) is 3.32. The van der Waals surface area contributed by atoms with Gasteiger partial charge in [0.25, 0.3) is 0 Å². The van der Waals surface area contributed by atoms with E-state index in [-0.39, 0.29) is 0 Å². The number of ether oxygens (including phenoxy) is 1. The molecule has 90 valence electrons. The van der Waals surface area contributed by atoms with E-state index in [9.17, 15) is 5.11 Å². The lowest BCUT2D eigenvalue weighted by atomic mass is 9.90. The van der Waals surface area contributed by atoms with Crippen molar-refractivity contribution in [2.45, 2.75) is 39.7 Å². The van der Waals surface area contributed by atoms with Crippen molar-refractivity contribution in [2.24, 2.45) is 0 Å². The predicted molar refractivity (Wildman–Crippen MR) is 66.9 cm³/mol. The summed E-state index contributed by atoms with van der Waals surface area (Å²) in [6.45, 7) is 8.46. The molecule has 0 aromatic heterocycles. The van der Waals surface area contributed by atoms with E-state index in [2.05, 4.69) is 32.9 Å². The average Bonchev–Trinajstić information content (AvgIpc) is 2.11. The zero-order valence-corrected chi connectivity index (χ0v) is 10.9. The molecule has 1 unspecified atom stereocenters. The highest BCUT2D eigenvalue weighted by molar-refractivity contribution is 5.38. The van der Waals surface area contributed by atoms with Gasteiger partial charge in [-0.2, -0.15) is 0 Å². The minimum absolute atomic E-state index is 0.361. The maximum absolute atomic E-state index is 10.2. The smallest absolute Gasteiger partial charge is 0.0892 e. The topological polar surface area (TPSA) is 29.5 Å². The number of benzene rings is 1. The monoisotopic (exact) mass is 222 g/mol. The van der Waals surface area contributed by atoms with Gasteiger partial charge in [0.15, 0.2) is 0 Å². The molecule has 0 saturated carbocycles. The number of hydrogen-bond acceptors (Lipinski definition) is 2. The number of rotatable bonds is 4. The van der Waals surface area contributed by atoms with Crippen molar-refractivity contribution < 1.29 is 9.84 Å². The highest BCUT2D eigenvalue weighted by Gasteiger charge is 2.22. The van der Waals surface area contributed by atoms with Crippen molar-refractivity contribution in [3.8, 4) is 0 Å². The Balaban J connectivity index is 2.97. The maximum Gasteiger partial charge on any atom is 0.0892 e. The van der Waals surface area contributed by atoms with Crippen LogP contribution in [-0.4, -0.2) is 24.4 Å². The minimum Gasteiger partial charge on any atom is -0.387 e. The summed E-state index contributed by atoms with van der Waals surface area (Å²) < 4.78 is 5.03. The Labute approximate surface area is 98.3 Å². The number of aliphatic hydroxyl groups is 1. The molecular weight excluding hydrogens is 200 g/mol. The Bertz CT molecular complexity index is 344. The Kier molecular flexibility index (Phi) is 4.11. The highest BCUT2D eigenvalue weighted by Crippen LogP contribution is 2.22. The van der Waals surface area contributed by atoms with Crippen molar-refractivity contribution >= 4 is 0 Å². The Morgan fingerprint density at radius 3 is 2.12 bits per heavy atom. The van der Waals surface area contributed by atoms with E-state index in [0.29, 0.717) is 13.0 Å². The van der Waals surface area contributed by atoms with Crippen LogP contribution in [0.5, 0.6) is 0 Å². The molecule has 1 rings (SSSR count). The molecule has 1 aromatic carbocycles. The summed E-state index contributed by atoms with van der Waals surface area (Å²) in [4.78, 5) is 0. The van der Waals surface area contributed by atoms with Gasteiger partial charge in [-0.15, -0.1) is 0 Å². The van der Waals surface area contributed by atoms with Gasteiger partial charge in [-0.1, -0.05) is 17.7 Å². The molecule has 0 aliphatic rings. The van der Waals surface area contributed by atoms with Crippen molar-refractivity contribution in [3.05, 3.63) is 34.4 Å². The zero-order chi connectivity index (χ0) is 12.3. The second-order valence-corrected chi connectivity index (χ2v) is 4.98. The molecule has 0 radical (unpaired) electrons. The summed E-state index contributed by atoms with van der Waals surface area (Å²) in [6, 6.07) is 4.32. The molecule has 0 aliphatic carbocycles. The van der Waals surface area contributed by atoms with Crippen molar-refractivity contribution in [1.29, 1.82) is 0 Å². The number of aryl methyl sites for hydroxylation is 3. The summed E-state index contributed by atoms with van der Waals surface area (Å²) in [6.07, 6.45) is 0.638. The molecule has 1 atom stereocenters. The molecular formula is C14H22O2. The van der Waals surface area contributed by atoms with Crippen LogP contribution in [0.25, 0.3) is 0 Å². The Morgan fingerprint density at radius 1 is 1.19 bits per heavy atom. The van der Waals surface area contributed by atoms with Crippen LogP contribution in [0.4, 0.5) is 0 Å². The molecule has 0 saturated heterocycles. The van der Waals surface area contributed by atoms with Gasteiger partial charge in [-0.05, 0) is 44.4 Å². The van der Waals surface area contributed by atoms with Crippen LogP contribution in [0.15, 0.2) is 12.1 Å². The fraction of sp³-hybridized carbons (Fsp3) is 0.571. The standard InChI is InChI=1S/C14H22O2/c1-10-6-11(2)13(12(3)7-10)8-14(4,15)9-16-5/h6-7,15H,8-9H2,1-5H3. The van der Waals surface area contributed by atoms with Crippen LogP contribution in [0.3, 0.4) is 0 Å². The third-order valence-corrected chi connectivity index (χ3v) is 2.85. The lowest BCUT2D eigenvalue weighted by molar-refractivity contribution is -0.0163. The molecule has 0 aliphatic heterocycles. The first-order chi connectivity index (χ1) is 7.35. The van der Waals surface area contributed by atoms with Crippen LogP contribution in [-0.2, 0) is 11.2 Å². The first-order valence-corrected chi connectivity index (χ1v) is 5.64. The average molecular weight is 222 g/mol. The molecule has 0 heterocycles. The quantitative estimate of drug-likeness (QED) is 0.848. The molecule has 2 heteroatoms. The molecule has 2 nitrogen and oxygen atoms in total. The number of methoxy groups -OCH3 is 1. The van der Waals surface area contributed by atoms with E-state index in [0.717, 1.165) is 0 Å². The molecule has 16 heavy (non-hydrogen) atoms. The summed E-state index contributed by atoms with van der Waals surface area (Å²) >= 11 is 0. The molecule has 0 bridgehead atoms. The largest absolute Gasteiger partial charge is 0.387 e. The van der Waals surface area contributed by atoms with Crippen LogP contribution in [0.1, 0.15) is 29.2 Å². The third-order valence-electron chi connectivity index (χ3n) is 2.85. The van der Waals surface area contributed by atoms with Gasteiger partial charge < -0.3 is 9.84 Å². The number of hydrogen-bond donors (Lipinski definition) is 1. The normalized spacial score (nSPS) is 14.9. The second kappa shape index (κ2) is 4.98. The maximum atomic E-state index is 10.2. The molecule has 0 spiro atoms. The van der Waals surface area contributed by atoms with Crippen molar-refractivity contribution in [2.75, 3.05) is 13.7 Å². The van der Waals surface area contributed by atoms with Crippen LogP contribution in [0.2, 0.25) is 0 Å². The van der Waals surface area contributed by atoms with E-state index in [1.165, 1.54) is 22.3 Å². The van der Waals surface area contributed by atoms with Gasteiger partial charge >= 0.3 is 0 Å². The molecule has 1 N–H and O–H groups in total. The van der Waals surface area contributed by atoms with E-state index in [1.807, 2.05) is 6.92 Å². The first kappa shape index (κ1) is 13.2. The van der Waals surface area contributed by atoms with Gasteiger partial charge in [0.05, 0.1) is 12.2 Å². The Hall–Kier alpha value is -0.860. The summed E-state index contributed by atoms with van der Waals surface area (Å²) in [5.41, 5.74) is 4.19. The SMILES string of the molecule is COCC(C)(O)Cc1c(C)cc(C)cc1C. The van der Waals surface area contributed by atoms with E-state index in [1.54, 1.807) is 7.11 Å². The minimum atomic E-state index is -0.792.